The van der Waals surface area contributed by atoms with Gasteiger partial charge in [-0.15, -0.1) is 0 Å². The van der Waals surface area contributed by atoms with Gasteiger partial charge in [0.05, 0.1) is 0 Å². The zero-order valence-corrected chi connectivity index (χ0v) is 15.1. The van der Waals surface area contributed by atoms with Crippen molar-refractivity contribution in [1.29, 1.82) is 0 Å². The summed E-state index contributed by atoms with van der Waals surface area (Å²) in [6.45, 7) is 8.07. The SMILES string of the molecule is CN(Cc1ccc(Cl)nc1)C[C@@H]1CCCN1C(=O)OC(C)(C)C. The van der Waals surface area contributed by atoms with E-state index in [0.29, 0.717) is 5.15 Å². The molecule has 0 unspecified atom stereocenters. The van der Waals surface area contributed by atoms with E-state index in [2.05, 4.69) is 16.9 Å². The van der Waals surface area contributed by atoms with Crippen molar-refractivity contribution in [2.24, 2.45) is 0 Å². The third-order valence-corrected chi connectivity index (χ3v) is 3.99. The van der Waals surface area contributed by atoms with E-state index >= 15 is 0 Å². The van der Waals surface area contributed by atoms with Crippen LogP contribution in [0.2, 0.25) is 5.15 Å². The highest BCUT2D eigenvalue weighted by atomic mass is 35.5. The number of carbonyl (C=O) groups excluding carboxylic acids is 1. The van der Waals surface area contributed by atoms with Gasteiger partial charge in [0.15, 0.2) is 0 Å². The van der Waals surface area contributed by atoms with E-state index in [4.69, 9.17) is 16.3 Å². The van der Waals surface area contributed by atoms with E-state index < -0.39 is 5.60 Å². The maximum absolute atomic E-state index is 12.3. The molecule has 1 atom stereocenters. The summed E-state index contributed by atoms with van der Waals surface area (Å²) in [5, 5.41) is 0.503. The topological polar surface area (TPSA) is 45.7 Å². The standard InChI is InChI=1S/C17H26ClN3O2/c1-17(2,3)23-16(22)21-9-5-6-14(21)12-20(4)11-13-7-8-15(18)19-10-13/h7-8,10,14H,5-6,9,11-12H2,1-4H3/t14-/m0/s1. The molecular formula is C17H26ClN3O2. The molecule has 0 aliphatic carbocycles. The van der Waals surface area contributed by atoms with E-state index in [0.717, 1.165) is 38.0 Å². The van der Waals surface area contributed by atoms with Gasteiger partial charge in [0.2, 0.25) is 0 Å². The van der Waals surface area contributed by atoms with Gasteiger partial charge in [-0.1, -0.05) is 17.7 Å². The largest absolute Gasteiger partial charge is 0.444 e. The maximum Gasteiger partial charge on any atom is 0.410 e. The number of likely N-dealkylation sites (tertiary alicyclic amines) is 1. The van der Waals surface area contributed by atoms with E-state index in [1.807, 2.05) is 31.7 Å². The number of carbonyl (C=O) groups is 1. The first-order valence-corrected chi connectivity index (χ1v) is 8.41. The Balaban J connectivity index is 1.90. The van der Waals surface area contributed by atoms with E-state index in [1.165, 1.54) is 0 Å². The quantitative estimate of drug-likeness (QED) is 0.787. The Kier molecular flexibility index (Phi) is 5.87. The van der Waals surface area contributed by atoms with Gasteiger partial charge in [0.1, 0.15) is 10.8 Å². The fraction of sp³-hybridized carbons (Fsp3) is 0.647. The van der Waals surface area contributed by atoms with Crippen LogP contribution in [-0.4, -0.2) is 52.7 Å². The summed E-state index contributed by atoms with van der Waals surface area (Å²) in [5.41, 5.74) is 0.657. The van der Waals surface area contributed by atoms with Crippen LogP contribution in [0.1, 0.15) is 39.2 Å². The van der Waals surface area contributed by atoms with Gasteiger partial charge in [-0.2, -0.15) is 0 Å². The lowest BCUT2D eigenvalue weighted by Crippen LogP contribution is -2.44. The summed E-state index contributed by atoms with van der Waals surface area (Å²) in [4.78, 5) is 20.5. The van der Waals surface area contributed by atoms with Crippen LogP contribution in [-0.2, 0) is 11.3 Å². The first-order valence-electron chi connectivity index (χ1n) is 8.03. The average Bonchev–Trinajstić information content (AvgIpc) is 2.87. The second-order valence-corrected chi connectivity index (χ2v) is 7.54. The van der Waals surface area contributed by atoms with Gasteiger partial charge < -0.3 is 14.5 Å². The van der Waals surface area contributed by atoms with Crippen molar-refractivity contribution in [1.82, 2.24) is 14.8 Å². The Morgan fingerprint density at radius 1 is 1.48 bits per heavy atom. The molecule has 5 nitrogen and oxygen atoms in total. The molecule has 0 N–H and O–H groups in total. The minimum Gasteiger partial charge on any atom is -0.444 e. The molecule has 0 saturated carbocycles. The number of amides is 1. The Hall–Kier alpha value is -1.33. The molecule has 1 fully saturated rings. The maximum atomic E-state index is 12.3. The van der Waals surface area contributed by atoms with Gasteiger partial charge in [-0.05, 0) is 52.3 Å². The normalized spacial score (nSPS) is 18.5. The number of nitrogens with zero attached hydrogens (tertiary/aromatic N) is 3. The molecule has 1 amide bonds. The molecule has 128 valence electrons. The summed E-state index contributed by atoms with van der Waals surface area (Å²) in [7, 11) is 2.06. The summed E-state index contributed by atoms with van der Waals surface area (Å²) < 4.78 is 5.51. The number of ether oxygens (including phenoxy) is 1. The van der Waals surface area contributed by atoms with E-state index in [1.54, 1.807) is 12.3 Å². The number of hydrogen-bond donors (Lipinski definition) is 0. The molecule has 1 aliphatic heterocycles. The van der Waals surface area contributed by atoms with Crippen LogP contribution in [0.3, 0.4) is 0 Å². The summed E-state index contributed by atoms with van der Waals surface area (Å²) in [6, 6.07) is 3.98. The smallest absolute Gasteiger partial charge is 0.410 e. The van der Waals surface area contributed by atoms with E-state index in [-0.39, 0.29) is 12.1 Å². The number of hydrogen-bond acceptors (Lipinski definition) is 4. The lowest BCUT2D eigenvalue weighted by Gasteiger charge is -2.31. The Bertz CT molecular complexity index is 528. The first-order chi connectivity index (χ1) is 10.7. The average molecular weight is 340 g/mol. The van der Waals surface area contributed by atoms with Gasteiger partial charge in [-0.3, -0.25) is 0 Å². The van der Waals surface area contributed by atoms with E-state index in [9.17, 15) is 4.79 Å². The summed E-state index contributed by atoms with van der Waals surface area (Å²) in [5.74, 6) is 0. The molecule has 0 spiro atoms. The molecule has 0 radical (unpaired) electrons. The Morgan fingerprint density at radius 2 is 2.22 bits per heavy atom. The zero-order valence-electron chi connectivity index (χ0n) is 14.4. The molecule has 1 aromatic rings. The van der Waals surface area contributed by atoms with Gasteiger partial charge in [0.25, 0.3) is 0 Å². The number of halogens is 1. The number of pyridine rings is 1. The van der Waals surface area contributed by atoms with Crippen LogP contribution < -0.4 is 0 Å². The molecule has 2 heterocycles. The predicted molar refractivity (Wildman–Crippen MR) is 91.5 cm³/mol. The van der Waals surface area contributed by atoms with Crippen LogP contribution in [0.5, 0.6) is 0 Å². The lowest BCUT2D eigenvalue weighted by molar-refractivity contribution is 0.0201. The second kappa shape index (κ2) is 7.49. The van der Waals surface area contributed by atoms with Crippen LogP contribution in [0.4, 0.5) is 4.79 Å². The minimum atomic E-state index is -0.453. The number of likely N-dealkylation sites (N-methyl/N-ethyl adjacent to an activating group) is 1. The monoisotopic (exact) mass is 339 g/mol. The van der Waals surface area contributed by atoms with Crippen molar-refractivity contribution in [3.8, 4) is 0 Å². The van der Waals surface area contributed by atoms with Crippen molar-refractivity contribution >= 4 is 17.7 Å². The highest BCUT2D eigenvalue weighted by molar-refractivity contribution is 6.29. The molecule has 6 heteroatoms. The minimum absolute atomic E-state index is 0.204. The van der Waals surface area contributed by atoms with Crippen molar-refractivity contribution < 1.29 is 9.53 Å². The van der Waals surface area contributed by atoms with Crippen molar-refractivity contribution in [2.75, 3.05) is 20.1 Å². The van der Waals surface area contributed by atoms with Crippen molar-refractivity contribution in [3.05, 3.63) is 29.0 Å². The molecule has 0 bridgehead atoms. The molecular weight excluding hydrogens is 314 g/mol. The molecule has 23 heavy (non-hydrogen) atoms. The van der Waals surface area contributed by atoms with Crippen LogP contribution in [0.25, 0.3) is 0 Å². The van der Waals surface area contributed by atoms with Crippen molar-refractivity contribution in [3.63, 3.8) is 0 Å². The van der Waals surface area contributed by atoms with Gasteiger partial charge >= 0.3 is 6.09 Å². The third-order valence-electron chi connectivity index (χ3n) is 3.77. The Labute approximate surface area is 143 Å². The highest BCUT2D eigenvalue weighted by Gasteiger charge is 2.32. The fourth-order valence-electron chi connectivity index (χ4n) is 2.82. The highest BCUT2D eigenvalue weighted by Crippen LogP contribution is 2.22. The van der Waals surface area contributed by atoms with Crippen LogP contribution >= 0.6 is 11.6 Å². The Morgan fingerprint density at radius 3 is 2.83 bits per heavy atom. The summed E-state index contributed by atoms with van der Waals surface area (Å²) in [6.07, 6.45) is 3.63. The van der Waals surface area contributed by atoms with Crippen LogP contribution in [0, 0.1) is 0 Å². The van der Waals surface area contributed by atoms with Crippen molar-refractivity contribution in [2.45, 2.75) is 51.8 Å². The summed E-state index contributed by atoms with van der Waals surface area (Å²) >= 11 is 5.81. The first kappa shape index (κ1) is 18.0. The second-order valence-electron chi connectivity index (χ2n) is 7.16. The number of aromatic nitrogens is 1. The molecule has 1 aromatic heterocycles. The fourth-order valence-corrected chi connectivity index (χ4v) is 2.93. The van der Waals surface area contributed by atoms with Gasteiger partial charge in [-0.25, -0.2) is 9.78 Å². The number of rotatable bonds is 4. The van der Waals surface area contributed by atoms with Crippen LogP contribution in [0.15, 0.2) is 18.3 Å². The molecule has 1 saturated heterocycles. The molecule has 2 rings (SSSR count). The molecule has 0 aromatic carbocycles. The molecule has 1 aliphatic rings. The predicted octanol–water partition coefficient (Wildman–Crippen LogP) is 3.57. The third kappa shape index (κ3) is 5.66. The lowest BCUT2D eigenvalue weighted by atomic mass is 10.2. The zero-order chi connectivity index (χ0) is 17.0. The van der Waals surface area contributed by atoms with Gasteiger partial charge in [0, 0.05) is 31.9 Å².